The van der Waals surface area contributed by atoms with Crippen molar-refractivity contribution in [2.24, 2.45) is 11.7 Å². The maximum absolute atomic E-state index is 6.31. The van der Waals surface area contributed by atoms with E-state index in [9.17, 15) is 0 Å². The smallest absolute Gasteiger partial charge is 0.0705 e. The number of nitrogens with two attached hydrogens (primary N) is 1. The summed E-state index contributed by atoms with van der Waals surface area (Å²) in [7, 11) is 1.73. The highest BCUT2D eigenvalue weighted by atomic mass is 16.5. The Labute approximate surface area is 108 Å². The van der Waals surface area contributed by atoms with Crippen molar-refractivity contribution >= 4 is 10.9 Å². The van der Waals surface area contributed by atoms with Crippen molar-refractivity contribution in [1.82, 2.24) is 4.98 Å². The average Bonchev–Trinajstić information content (AvgIpc) is 2.38. The van der Waals surface area contributed by atoms with Crippen molar-refractivity contribution in [3.8, 4) is 0 Å². The second kappa shape index (κ2) is 5.94. The fraction of sp³-hybridized carbons (Fsp3) is 0.400. The summed E-state index contributed by atoms with van der Waals surface area (Å²) in [5.74, 6) is 0.455. The van der Waals surface area contributed by atoms with Crippen LogP contribution in [0.4, 0.5) is 0 Å². The quantitative estimate of drug-likeness (QED) is 0.879. The van der Waals surface area contributed by atoms with E-state index in [4.69, 9.17) is 10.5 Å². The van der Waals surface area contributed by atoms with Crippen LogP contribution in [0.5, 0.6) is 0 Å². The Morgan fingerprint density at radius 1 is 1.28 bits per heavy atom. The third kappa shape index (κ3) is 2.86. The fourth-order valence-corrected chi connectivity index (χ4v) is 2.36. The largest absolute Gasteiger partial charge is 0.384 e. The van der Waals surface area contributed by atoms with Crippen molar-refractivity contribution in [1.29, 1.82) is 0 Å². The SMILES string of the molecule is COCC(C)CC(N)c1cccc2ncccc12. The lowest BCUT2D eigenvalue weighted by atomic mass is 9.94. The van der Waals surface area contributed by atoms with Crippen LogP contribution in [0.3, 0.4) is 0 Å². The van der Waals surface area contributed by atoms with Gasteiger partial charge in [-0.2, -0.15) is 0 Å². The lowest BCUT2D eigenvalue weighted by molar-refractivity contribution is 0.152. The molecule has 3 heteroatoms. The molecule has 2 unspecified atom stereocenters. The summed E-state index contributed by atoms with van der Waals surface area (Å²) in [6, 6.07) is 10.2. The Bertz CT molecular complexity index is 507. The molecule has 2 rings (SSSR count). The minimum atomic E-state index is 0.0306. The molecule has 2 aromatic rings. The van der Waals surface area contributed by atoms with Gasteiger partial charge in [-0.3, -0.25) is 4.98 Å². The molecule has 0 spiro atoms. The van der Waals surface area contributed by atoms with Gasteiger partial charge in [-0.05, 0) is 30.0 Å². The lowest BCUT2D eigenvalue weighted by Gasteiger charge is -2.18. The van der Waals surface area contributed by atoms with E-state index < -0.39 is 0 Å². The first-order valence-electron chi connectivity index (χ1n) is 6.30. The summed E-state index contributed by atoms with van der Waals surface area (Å²) in [5, 5.41) is 1.15. The first-order valence-corrected chi connectivity index (χ1v) is 6.30. The van der Waals surface area contributed by atoms with Crippen LogP contribution in [-0.4, -0.2) is 18.7 Å². The molecule has 0 radical (unpaired) electrons. The van der Waals surface area contributed by atoms with Crippen molar-refractivity contribution < 1.29 is 4.74 Å². The second-order valence-electron chi connectivity index (χ2n) is 4.82. The summed E-state index contributed by atoms with van der Waals surface area (Å²) >= 11 is 0. The molecule has 0 amide bonds. The Hall–Kier alpha value is -1.45. The van der Waals surface area contributed by atoms with Gasteiger partial charge in [-0.25, -0.2) is 0 Å². The predicted octanol–water partition coefficient (Wildman–Crippen LogP) is 2.91. The molecule has 0 aliphatic rings. The number of methoxy groups -OCH3 is 1. The number of pyridine rings is 1. The van der Waals surface area contributed by atoms with Gasteiger partial charge in [-0.1, -0.05) is 25.1 Å². The van der Waals surface area contributed by atoms with E-state index in [1.807, 2.05) is 24.4 Å². The zero-order chi connectivity index (χ0) is 13.0. The van der Waals surface area contributed by atoms with Gasteiger partial charge in [0.15, 0.2) is 0 Å². The van der Waals surface area contributed by atoms with Crippen molar-refractivity contribution in [3.63, 3.8) is 0 Å². The Morgan fingerprint density at radius 2 is 2.11 bits per heavy atom. The average molecular weight is 244 g/mol. The van der Waals surface area contributed by atoms with Crippen LogP contribution in [0.1, 0.15) is 24.9 Å². The Morgan fingerprint density at radius 3 is 2.89 bits per heavy atom. The van der Waals surface area contributed by atoms with Gasteiger partial charge in [0.1, 0.15) is 0 Å². The number of nitrogens with zero attached hydrogens (tertiary/aromatic N) is 1. The van der Waals surface area contributed by atoms with Crippen molar-refractivity contribution in [3.05, 3.63) is 42.1 Å². The number of fused-ring (bicyclic) bond motifs is 1. The van der Waals surface area contributed by atoms with Crippen LogP contribution in [0.25, 0.3) is 10.9 Å². The van der Waals surface area contributed by atoms with E-state index in [0.717, 1.165) is 23.9 Å². The number of ether oxygens (including phenoxy) is 1. The van der Waals surface area contributed by atoms with E-state index in [-0.39, 0.29) is 6.04 Å². The van der Waals surface area contributed by atoms with E-state index >= 15 is 0 Å². The van der Waals surface area contributed by atoms with Crippen LogP contribution in [-0.2, 0) is 4.74 Å². The number of hydrogen-bond acceptors (Lipinski definition) is 3. The summed E-state index contributed by atoms with van der Waals surface area (Å²) in [4.78, 5) is 4.36. The number of aromatic nitrogens is 1. The monoisotopic (exact) mass is 244 g/mol. The molecule has 0 aliphatic heterocycles. The highest BCUT2D eigenvalue weighted by Gasteiger charge is 2.13. The molecule has 0 bridgehead atoms. The lowest BCUT2D eigenvalue weighted by Crippen LogP contribution is -2.17. The molecule has 0 saturated carbocycles. The first-order chi connectivity index (χ1) is 8.72. The molecule has 2 atom stereocenters. The maximum atomic E-state index is 6.31. The Balaban J connectivity index is 2.24. The van der Waals surface area contributed by atoms with Crippen LogP contribution >= 0.6 is 0 Å². The number of hydrogen-bond donors (Lipinski definition) is 1. The molecule has 18 heavy (non-hydrogen) atoms. The molecule has 0 aliphatic carbocycles. The minimum absolute atomic E-state index is 0.0306. The highest BCUT2D eigenvalue weighted by molar-refractivity contribution is 5.82. The molecular weight excluding hydrogens is 224 g/mol. The van der Waals surface area contributed by atoms with Crippen LogP contribution in [0, 0.1) is 5.92 Å². The summed E-state index contributed by atoms with van der Waals surface area (Å²) in [6.45, 7) is 2.91. The maximum Gasteiger partial charge on any atom is 0.0705 e. The highest BCUT2D eigenvalue weighted by Crippen LogP contribution is 2.25. The topological polar surface area (TPSA) is 48.1 Å². The summed E-state index contributed by atoms with van der Waals surface area (Å²) < 4.78 is 5.16. The van der Waals surface area contributed by atoms with E-state index in [2.05, 4.69) is 24.0 Å². The van der Waals surface area contributed by atoms with Gasteiger partial charge in [0.05, 0.1) is 5.52 Å². The van der Waals surface area contributed by atoms with Gasteiger partial charge in [0.2, 0.25) is 0 Å². The zero-order valence-corrected chi connectivity index (χ0v) is 11.0. The van der Waals surface area contributed by atoms with E-state index in [1.165, 1.54) is 5.56 Å². The van der Waals surface area contributed by atoms with Gasteiger partial charge in [0.25, 0.3) is 0 Å². The van der Waals surface area contributed by atoms with Gasteiger partial charge in [0, 0.05) is 31.3 Å². The predicted molar refractivity (Wildman–Crippen MR) is 74.3 cm³/mol. The van der Waals surface area contributed by atoms with E-state index in [1.54, 1.807) is 7.11 Å². The molecule has 1 aromatic heterocycles. The molecule has 1 heterocycles. The molecule has 0 saturated heterocycles. The van der Waals surface area contributed by atoms with Gasteiger partial charge >= 0.3 is 0 Å². The summed E-state index contributed by atoms with van der Waals surface area (Å²) in [5.41, 5.74) is 8.48. The third-order valence-electron chi connectivity index (χ3n) is 3.19. The van der Waals surface area contributed by atoms with Crippen molar-refractivity contribution in [2.45, 2.75) is 19.4 Å². The molecule has 3 nitrogen and oxygen atoms in total. The van der Waals surface area contributed by atoms with E-state index in [0.29, 0.717) is 5.92 Å². The molecular formula is C15H20N2O. The zero-order valence-electron chi connectivity index (χ0n) is 11.0. The third-order valence-corrected chi connectivity index (χ3v) is 3.19. The second-order valence-corrected chi connectivity index (χ2v) is 4.82. The first kappa shape index (κ1) is 13.0. The number of benzene rings is 1. The normalized spacial score (nSPS) is 14.6. The van der Waals surface area contributed by atoms with Crippen LogP contribution in [0.15, 0.2) is 36.5 Å². The van der Waals surface area contributed by atoms with Gasteiger partial charge in [-0.15, -0.1) is 0 Å². The standard InChI is InChI=1S/C15H20N2O/c1-11(10-18-2)9-14(16)12-5-3-7-15-13(12)6-4-8-17-15/h3-8,11,14H,9-10,16H2,1-2H3. The fourth-order valence-electron chi connectivity index (χ4n) is 2.36. The molecule has 96 valence electrons. The minimum Gasteiger partial charge on any atom is -0.384 e. The number of rotatable bonds is 5. The molecule has 0 fully saturated rings. The van der Waals surface area contributed by atoms with Crippen LogP contribution in [0.2, 0.25) is 0 Å². The Kier molecular flexibility index (Phi) is 4.28. The van der Waals surface area contributed by atoms with Gasteiger partial charge < -0.3 is 10.5 Å². The van der Waals surface area contributed by atoms with Crippen molar-refractivity contribution in [2.75, 3.05) is 13.7 Å². The van der Waals surface area contributed by atoms with Crippen LogP contribution < -0.4 is 5.73 Å². The summed E-state index contributed by atoms with van der Waals surface area (Å²) in [6.07, 6.45) is 2.73. The molecule has 2 N–H and O–H groups in total. The molecule has 1 aromatic carbocycles.